The lowest BCUT2D eigenvalue weighted by molar-refractivity contribution is -0.122. The molecule has 0 unspecified atom stereocenters. The summed E-state index contributed by atoms with van der Waals surface area (Å²) in [6, 6.07) is 16.1. The summed E-state index contributed by atoms with van der Waals surface area (Å²) < 4.78 is 12.7. The molecule has 1 aromatic heterocycles. The number of amidine groups is 1. The zero-order valence-corrected chi connectivity index (χ0v) is 19.6. The van der Waals surface area contributed by atoms with Gasteiger partial charge in [0.25, 0.3) is 5.91 Å². The summed E-state index contributed by atoms with van der Waals surface area (Å²) >= 11 is 1.39. The minimum absolute atomic E-state index is 0.0549. The lowest BCUT2D eigenvalue weighted by Gasteiger charge is -2.14. The van der Waals surface area contributed by atoms with Crippen molar-refractivity contribution in [2.75, 3.05) is 27.4 Å². The van der Waals surface area contributed by atoms with Crippen LogP contribution in [0.2, 0.25) is 0 Å². The van der Waals surface area contributed by atoms with Crippen molar-refractivity contribution in [3.8, 4) is 5.75 Å². The Morgan fingerprint density at radius 1 is 1.09 bits per heavy atom. The summed E-state index contributed by atoms with van der Waals surface area (Å²) in [6.45, 7) is 5.20. The number of methoxy groups -OCH3 is 2. The lowest BCUT2D eigenvalue weighted by atomic mass is 10.1. The normalized spacial score (nSPS) is 16.8. The summed E-state index contributed by atoms with van der Waals surface area (Å²) in [4.78, 5) is 20.3. The summed E-state index contributed by atoms with van der Waals surface area (Å²) in [5.41, 5.74) is 2.96. The molecule has 2 heterocycles. The number of thioether (sulfide) groups is 1. The van der Waals surface area contributed by atoms with Gasteiger partial charge in [0.2, 0.25) is 0 Å². The van der Waals surface area contributed by atoms with Crippen LogP contribution in [-0.2, 0) is 9.53 Å². The highest BCUT2D eigenvalue weighted by Crippen LogP contribution is 2.36. The number of hydrogen-bond donors (Lipinski definition) is 0. The van der Waals surface area contributed by atoms with E-state index in [1.165, 1.54) is 11.8 Å². The molecule has 1 aliphatic rings. The first-order valence-corrected chi connectivity index (χ1v) is 11.4. The Labute approximate surface area is 192 Å². The fourth-order valence-corrected chi connectivity index (χ4v) is 4.67. The summed E-state index contributed by atoms with van der Waals surface area (Å²) in [5, 5.41) is 1.78. The van der Waals surface area contributed by atoms with Crippen molar-refractivity contribution >= 4 is 45.5 Å². The third kappa shape index (κ3) is 4.45. The first-order chi connectivity index (χ1) is 15.5. The van der Waals surface area contributed by atoms with Crippen LogP contribution < -0.4 is 4.74 Å². The zero-order valence-electron chi connectivity index (χ0n) is 18.7. The molecule has 0 N–H and O–H groups in total. The molecule has 2 aromatic carbocycles. The van der Waals surface area contributed by atoms with Gasteiger partial charge in [-0.15, -0.1) is 0 Å². The van der Waals surface area contributed by atoms with Gasteiger partial charge in [-0.1, -0.05) is 18.2 Å². The van der Waals surface area contributed by atoms with Crippen LogP contribution in [0.1, 0.15) is 25.5 Å². The molecular weight excluding hydrogens is 422 g/mol. The highest BCUT2D eigenvalue weighted by atomic mass is 32.2. The maximum Gasteiger partial charge on any atom is 0.266 e. The van der Waals surface area contributed by atoms with E-state index in [2.05, 4.69) is 36.7 Å². The van der Waals surface area contributed by atoms with Crippen LogP contribution in [0.25, 0.3) is 17.0 Å². The van der Waals surface area contributed by atoms with Crippen molar-refractivity contribution in [1.82, 2.24) is 9.47 Å². The number of carbonyl (C=O) groups excluding carboxylic acids is 1. The Balaban J connectivity index is 1.72. The minimum Gasteiger partial charge on any atom is -0.497 e. The van der Waals surface area contributed by atoms with Crippen LogP contribution in [0.5, 0.6) is 5.75 Å². The van der Waals surface area contributed by atoms with Crippen molar-refractivity contribution < 1.29 is 14.3 Å². The third-order valence-electron chi connectivity index (χ3n) is 5.32. The van der Waals surface area contributed by atoms with Crippen molar-refractivity contribution in [2.24, 2.45) is 4.99 Å². The number of para-hydroxylation sites is 1. The van der Waals surface area contributed by atoms with Crippen molar-refractivity contribution in [1.29, 1.82) is 0 Å². The molecule has 0 radical (unpaired) electrons. The zero-order chi connectivity index (χ0) is 22.7. The number of benzene rings is 2. The second kappa shape index (κ2) is 9.63. The van der Waals surface area contributed by atoms with Gasteiger partial charge in [-0.05, 0) is 62.0 Å². The molecule has 1 amide bonds. The van der Waals surface area contributed by atoms with Crippen molar-refractivity contribution in [2.45, 2.75) is 19.9 Å². The van der Waals surface area contributed by atoms with Crippen LogP contribution >= 0.6 is 11.8 Å². The van der Waals surface area contributed by atoms with E-state index in [4.69, 9.17) is 14.5 Å². The van der Waals surface area contributed by atoms with Crippen LogP contribution in [0.15, 0.2) is 64.6 Å². The van der Waals surface area contributed by atoms with E-state index in [9.17, 15) is 4.79 Å². The number of aromatic nitrogens is 1. The van der Waals surface area contributed by atoms with Crippen molar-refractivity contribution in [3.05, 3.63) is 65.2 Å². The molecule has 0 saturated carbocycles. The first kappa shape index (κ1) is 22.2. The fraction of sp³-hybridized carbons (Fsp3) is 0.280. The second-order valence-corrected chi connectivity index (χ2v) is 8.76. The molecule has 0 aliphatic carbocycles. The molecule has 0 bridgehead atoms. The van der Waals surface area contributed by atoms with Gasteiger partial charge in [-0.25, -0.2) is 4.99 Å². The monoisotopic (exact) mass is 449 g/mol. The smallest absolute Gasteiger partial charge is 0.266 e. The second-order valence-electron chi connectivity index (χ2n) is 7.76. The maximum atomic E-state index is 13.3. The number of aliphatic imine (C=N–C) groups is 1. The van der Waals surface area contributed by atoms with E-state index in [1.54, 1.807) is 19.1 Å². The van der Waals surface area contributed by atoms with Gasteiger partial charge in [0.15, 0.2) is 5.17 Å². The van der Waals surface area contributed by atoms with Gasteiger partial charge >= 0.3 is 0 Å². The number of amides is 1. The van der Waals surface area contributed by atoms with E-state index >= 15 is 0 Å². The number of ether oxygens (including phenoxy) is 2. The number of carbonyl (C=O) groups is 1. The molecule has 1 saturated heterocycles. The van der Waals surface area contributed by atoms with Gasteiger partial charge < -0.3 is 14.0 Å². The SMILES string of the molecule is COCCN1C(=O)C(=Cc2cn(C(C)C)c3ccccc23)SC1=Nc1ccc(OC)cc1. The standard InChI is InChI=1S/C25H27N3O3S/c1-17(2)28-16-18(21-7-5-6-8-22(21)28)15-23-24(29)27(13-14-30-3)25(32-23)26-19-9-11-20(31-4)12-10-19/h5-12,15-17H,13-14H2,1-4H3. The molecule has 4 rings (SSSR count). The predicted octanol–water partition coefficient (Wildman–Crippen LogP) is 5.48. The van der Waals surface area contributed by atoms with Gasteiger partial charge in [-0.2, -0.15) is 0 Å². The Bertz CT molecular complexity index is 1180. The number of fused-ring (bicyclic) bond motifs is 1. The van der Waals surface area contributed by atoms with E-state index in [1.807, 2.05) is 42.5 Å². The molecule has 0 atom stereocenters. The molecule has 166 valence electrons. The fourth-order valence-electron chi connectivity index (χ4n) is 3.65. The Hall–Kier alpha value is -3.03. The largest absolute Gasteiger partial charge is 0.497 e. The number of nitrogens with zero attached hydrogens (tertiary/aromatic N) is 3. The molecule has 0 spiro atoms. The van der Waals surface area contributed by atoms with Gasteiger partial charge in [0.05, 0.1) is 30.9 Å². The van der Waals surface area contributed by atoms with Crippen LogP contribution in [0.3, 0.4) is 0 Å². The van der Waals surface area contributed by atoms with Gasteiger partial charge in [-0.3, -0.25) is 9.69 Å². The molecular formula is C25H27N3O3S. The van der Waals surface area contributed by atoms with Crippen molar-refractivity contribution in [3.63, 3.8) is 0 Å². The number of rotatable bonds is 7. The molecule has 32 heavy (non-hydrogen) atoms. The van der Waals surface area contributed by atoms with Crippen LogP contribution in [0.4, 0.5) is 5.69 Å². The molecule has 1 fully saturated rings. The van der Waals surface area contributed by atoms with Gasteiger partial charge in [0.1, 0.15) is 5.75 Å². The van der Waals surface area contributed by atoms with E-state index in [-0.39, 0.29) is 5.91 Å². The first-order valence-electron chi connectivity index (χ1n) is 10.5. The maximum absolute atomic E-state index is 13.3. The van der Waals surface area contributed by atoms with E-state index in [0.29, 0.717) is 29.3 Å². The summed E-state index contributed by atoms with van der Waals surface area (Å²) in [7, 11) is 3.26. The topological polar surface area (TPSA) is 56.1 Å². The Morgan fingerprint density at radius 3 is 2.53 bits per heavy atom. The number of hydrogen-bond acceptors (Lipinski definition) is 5. The highest BCUT2D eigenvalue weighted by molar-refractivity contribution is 8.18. The lowest BCUT2D eigenvalue weighted by Crippen LogP contribution is -2.32. The molecule has 1 aliphatic heterocycles. The average molecular weight is 450 g/mol. The summed E-state index contributed by atoms with van der Waals surface area (Å²) in [5.74, 6) is 0.711. The minimum atomic E-state index is -0.0549. The Kier molecular flexibility index (Phi) is 6.67. The molecule has 7 heteroatoms. The quantitative estimate of drug-likeness (QED) is 0.448. The molecule has 6 nitrogen and oxygen atoms in total. The average Bonchev–Trinajstić information content (AvgIpc) is 3.31. The third-order valence-corrected chi connectivity index (χ3v) is 6.33. The molecule has 3 aromatic rings. The van der Waals surface area contributed by atoms with Crippen LogP contribution in [0, 0.1) is 0 Å². The van der Waals surface area contributed by atoms with Gasteiger partial charge in [0, 0.05) is 35.8 Å². The summed E-state index contributed by atoms with van der Waals surface area (Å²) in [6.07, 6.45) is 4.10. The Morgan fingerprint density at radius 2 is 1.84 bits per heavy atom. The van der Waals surface area contributed by atoms with E-state index in [0.717, 1.165) is 27.9 Å². The highest BCUT2D eigenvalue weighted by Gasteiger charge is 2.33. The predicted molar refractivity (Wildman–Crippen MR) is 132 cm³/mol. The van der Waals surface area contributed by atoms with Crippen LogP contribution in [-0.4, -0.2) is 47.9 Å². The van der Waals surface area contributed by atoms with E-state index < -0.39 is 0 Å².